The number of carbonyl (C=O) groups excluding carboxylic acids is 2. The van der Waals surface area contributed by atoms with Crippen LogP contribution in [0, 0.1) is 0 Å². The lowest BCUT2D eigenvalue weighted by molar-refractivity contribution is -0.119. The van der Waals surface area contributed by atoms with Crippen molar-refractivity contribution in [3.05, 3.63) is 66.5 Å². The third-order valence-corrected chi connectivity index (χ3v) is 4.59. The van der Waals surface area contributed by atoms with E-state index in [-0.39, 0.29) is 11.8 Å². The maximum atomic E-state index is 12.9. The number of tetrazole rings is 1. The van der Waals surface area contributed by atoms with Gasteiger partial charge in [0.2, 0.25) is 5.91 Å². The number of hydrogen-bond donors (Lipinski definition) is 1. The van der Waals surface area contributed by atoms with E-state index in [1.54, 1.807) is 29.2 Å². The summed E-state index contributed by atoms with van der Waals surface area (Å²) in [7, 11) is 0. The molecular weight excluding hydrogens is 344 g/mol. The van der Waals surface area contributed by atoms with Crippen molar-refractivity contribution < 1.29 is 9.59 Å². The number of nitrogens with one attached hydrogen (secondary N) is 1. The van der Waals surface area contributed by atoms with Crippen LogP contribution in [0.3, 0.4) is 0 Å². The van der Waals surface area contributed by atoms with Gasteiger partial charge in [0, 0.05) is 17.8 Å². The van der Waals surface area contributed by atoms with Gasteiger partial charge in [-0.25, -0.2) is 4.68 Å². The molecule has 2 aromatic carbocycles. The monoisotopic (exact) mass is 362 g/mol. The number of para-hydroxylation sites is 1. The summed E-state index contributed by atoms with van der Waals surface area (Å²) in [5, 5.41) is 13.9. The molecule has 27 heavy (non-hydrogen) atoms. The fourth-order valence-electron chi connectivity index (χ4n) is 3.23. The highest BCUT2D eigenvalue weighted by atomic mass is 16.2. The largest absolute Gasteiger partial charge is 0.327 e. The minimum atomic E-state index is -0.461. The fraction of sp³-hybridized carbons (Fsp3) is 0.211. The second-order valence-electron chi connectivity index (χ2n) is 6.31. The van der Waals surface area contributed by atoms with Crippen LogP contribution >= 0.6 is 0 Å². The molecule has 1 aromatic heterocycles. The minimum absolute atomic E-state index is 0.149. The van der Waals surface area contributed by atoms with E-state index in [0.29, 0.717) is 18.5 Å². The molecule has 4 rings (SSSR count). The average Bonchev–Trinajstić information content (AvgIpc) is 3.40. The maximum absolute atomic E-state index is 12.9. The highest BCUT2D eigenvalue weighted by molar-refractivity contribution is 6.01. The summed E-state index contributed by atoms with van der Waals surface area (Å²) >= 11 is 0. The molecule has 3 aromatic rings. The van der Waals surface area contributed by atoms with Crippen LogP contribution in [-0.2, 0) is 4.79 Å². The van der Waals surface area contributed by atoms with Crippen LogP contribution < -0.4 is 5.32 Å². The fourth-order valence-corrected chi connectivity index (χ4v) is 3.23. The van der Waals surface area contributed by atoms with Crippen molar-refractivity contribution in [2.24, 2.45) is 0 Å². The van der Waals surface area contributed by atoms with Crippen LogP contribution in [-0.4, -0.2) is 49.5 Å². The molecule has 136 valence electrons. The highest BCUT2D eigenvalue weighted by Gasteiger charge is 2.34. The first-order valence-electron chi connectivity index (χ1n) is 8.73. The summed E-state index contributed by atoms with van der Waals surface area (Å²) in [6.07, 6.45) is 2.95. The molecule has 1 N–H and O–H groups in total. The van der Waals surface area contributed by atoms with Crippen LogP contribution in [0.1, 0.15) is 23.2 Å². The van der Waals surface area contributed by atoms with Gasteiger partial charge in [0.1, 0.15) is 12.4 Å². The summed E-state index contributed by atoms with van der Waals surface area (Å²) in [6.45, 7) is 0.570. The molecule has 0 spiro atoms. The summed E-state index contributed by atoms with van der Waals surface area (Å²) in [6, 6.07) is 15.8. The van der Waals surface area contributed by atoms with E-state index < -0.39 is 6.04 Å². The van der Waals surface area contributed by atoms with Gasteiger partial charge in [0.25, 0.3) is 5.91 Å². The average molecular weight is 362 g/mol. The number of rotatable bonds is 4. The van der Waals surface area contributed by atoms with Crippen LogP contribution in [0.5, 0.6) is 0 Å². The Morgan fingerprint density at radius 1 is 1.04 bits per heavy atom. The molecule has 0 aliphatic carbocycles. The number of likely N-dealkylation sites (tertiary alicyclic amines) is 1. The second-order valence-corrected chi connectivity index (χ2v) is 6.31. The molecule has 2 heterocycles. The molecule has 0 radical (unpaired) electrons. The molecule has 1 aliphatic rings. The Morgan fingerprint density at radius 3 is 2.52 bits per heavy atom. The Hall–Kier alpha value is -3.55. The number of benzene rings is 2. The number of hydrogen-bond acceptors (Lipinski definition) is 5. The third-order valence-electron chi connectivity index (χ3n) is 4.59. The van der Waals surface area contributed by atoms with Gasteiger partial charge in [-0.15, -0.1) is 5.10 Å². The predicted molar refractivity (Wildman–Crippen MR) is 98.3 cm³/mol. The van der Waals surface area contributed by atoms with Crippen molar-refractivity contribution in [3.63, 3.8) is 0 Å². The van der Waals surface area contributed by atoms with Crippen molar-refractivity contribution in [2.75, 3.05) is 11.9 Å². The summed E-state index contributed by atoms with van der Waals surface area (Å²) in [5.74, 6) is -0.304. The topological polar surface area (TPSA) is 93.0 Å². The molecule has 2 amide bonds. The molecule has 8 heteroatoms. The third kappa shape index (κ3) is 3.55. The first-order chi connectivity index (χ1) is 13.2. The van der Waals surface area contributed by atoms with E-state index >= 15 is 0 Å². The summed E-state index contributed by atoms with van der Waals surface area (Å²) < 4.78 is 1.51. The Bertz CT molecular complexity index is 925. The maximum Gasteiger partial charge on any atom is 0.254 e. The lowest BCUT2D eigenvalue weighted by atomic mass is 10.1. The van der Waals surface area contributed by atoms with E-state index in [9.17, 15) is 9.59 Å². The van der Waals surface area contributed by atoms with Gasteiger partial charge in [-0.1, -0.05) is 18.2 Å². The Kier molecular flexibility index (Phi) is 4.61. The molecule has 0 saturated carbocycles. The number of amides is 2. The molecule has 8 nitrogen and oxygen atoms in total. The summed E-state index contributed by atoms with van der Waals surface area (Å²) in [5.41, 5.74) is 2.02. The van der Waals surface area contributed by atoms with Crippen LogP contribution in [0.4, 0.5) is 5.69 Å². The SMILES string of the molecule is O=C(Nc1ccccc1)C1CCCN1C(=O)c1ccc(-n2cnnn2)cc1. The lowest BCUT2D eigenvalue weighted by Gasteiger charge is -2.24. The number of aromatic nitrogens is 4. The molecule has 1 aliphatic heterocycles. The van der Waals surface area contributed by atoms with Gasteiger partial charge in [-0.05, 0) is 59.7 Å². The Labute approximate surface area is 155 Å². The quantitative estimate of drug-likeness (QED) is 0.765. The zero-order chi connectivity index (χ0) is 18.6. The van der Waals surface area contributed by atoms with Crippen molar-refractivity contribution in [3.8, 4) is 5.69 Å². The molecule has 1 saturated heterocycles. The zero-order valence-electron chi connectivity index (χ0n) is 14.5. The van der Waals surface area contributed by atoms with E-state index in [2.05, 4.69) is 20.8 Å². The lowest BCUT2D eigenvalue weighted by Crippen LogP contribution is -2.43. The predicted octanol–water partition coefficient (Wildman–Crippen LogP) is 1.91. The standard InChI is InChI=1S/C19H18N6O2/c26-18(21-15-5-2-1-3-6-15)17-7-4-12-24(17)19(27)14-8-10-16(11-9-14)25-13-20-22-23-25/h1-3,5-6,8-11,13,17H,4,7,12H2,(H,21,26). The van der Waals surface area contributed by atoms with E-state index in [1.807, 2.05) is 30.3 Å². The van der Waals surface area contributed by atoms with Crippen LogP contribution in [0.25, 0.3) is 5.69 Å². The van der Waals surface area contributed by atoms with Crippen molar-refractivity contribution in [1.29, 1.82) is 0 Å². The number of nitrogens with zero attached hydrogens (tertiary/aromatic N) is 5. The van der Waals surface area contributed by atoms with Gasteiger partial charge >= 0.3 is 0 Å². The molecule has 0 bridgehead atoms. The van der Waals surface area contributed by atoms with Crippen LogP contribution in [0.15, 0.2) is 60.9 Å². The van der Waals surface area contributed by atoms with Crippen molar-refractivity contribution >= 4 is 17.5 Å². The zero-order valence-corrected chi connectivity index (χ0v) is 14.5. The molecular formula is C19H18N6O2. The molecule has 1 unspecified atom stereocenters. The van der Waals surface area contributed by atoms with Crippen molar-refractivity contribution in [2.45, 2.75) is 18.9 Å². The minimum Gasteiger partial charge on any atom is -0.327 e. The number of carbonyl (C=O) groups is 2. The van der Waals surface area contributed by atoms with Gasteiger partial charge in [0.15, 0.2) is 0 Å². The summed E-state index contributed by atoms with van der Waals surface area (Å²) in [4.78, 5) is 27.2. The van der Waals surface area contributed by atoms with E-state index in [0.717, 1.165) is 17.8 Å². The first-order valence-corrected chi connectivity index (χ1v) is 8.73. The Balaban J connectivity index is 1.48. The van der Waals surface area contributed by atoms with E-state index in [4.69, 9.17) is 0 Å². The van der Waals surface area contributed by atoms with Gasteiger partial charge in [-0.3, -0.25) is 9.59 Å². The number of anilines is 1. The molecule has 1 atom stereocenters. The highest BCUT2D eigenvalue weighted by Crippen LogP contribution is 2.22. The van der Waals surface area contributed by atoms with Gasteiger partial charge < -0.3 is 10.2 Å². The second kappa shape index (κ2) is 7.36. The Morgan fingerprint density at radius 2 is 1.81 bits per heavy atom. The molecule has 1 fully saturated rings. The van der Waals surface area contributed by atoms with Gasteiger partial charge in [0.05, 0.1) is 5.69 Å². The van der Waals surface area contributed by atoms with Crippen LogP contribution in [0.2, 0.25) is 0 Å². The first kappa shape index (κ1) is 16.9. The smallest absolute Gasteiger partial charge is 0.254 e. The van der Waals surface area contributed by atoms with Gasteiger partial charge in [-0.2, -0.15) is 0 Å². The normalized spacial score (nSPS) is 16.3. The van der Waals surface area contributed by atoms with E-state index in [1.165, 1.54) is 11.0 Å². The van der Waals surface area contributed by atoms with Crippen molar-refractivity contribution in [1.82, 2.24) is 25.1 Å².